The average molecular weight is 377 g/mol. The van der Waals surface area contributed by atoms with Crippen LogP contribution in [0.3, 0.4) is 0 Å². The molecule has 1 aromatic heterocycles. The summed E-state index contributed by atoms with van der Waals surface area (Å²) in [6, 6.07) is 5.71. The molecular weight excluding hydrogens is 352 g/mol. The highest BCUT2D eigenvalue weighted by molar-refractivity contribution is 6.32. The van der Waals surface area contributed by atoms with Gasteiger partial charge in [-0.05, 0) is 51.8 Å². The van der Waals surface area contributed by atoms with Crippen LogP contribution >= 0.6 is 11.6 Å². The number of ether oxygens (including phenoxy) is 1. The number of fused-ring (bicyclic) bond motifs is 1. The number of anilines is 2. The Kier molecular flexibility index (Phi) is 5.14. The highest BCUT2D eigenvalue weighted by Gasteiger charge is 2.25. The molecule has 1 fully saturated rings. The zero-order chi connectivity index (χ0) is 18.9. The van der Waals surface area contributed by atoms with Crippen LogP contribution in [0, 0.1) is 0 Å². The number of nitrogens with zero attached hydrogens (tertiary/aromatic N) is 2. The van der Waals surface area contributed by atoms with Gasteiger partial charge >= 0.3 is 6.09 Å². The third-order valence-electron chi connectivity index (χ3n) is 4.28. The van der Waals surface area contributed by atoms with Gasteiger partial charge in [0.2, 0.25) is 0 Å². The molecule has 1 amide bonds. The number of hydrogen-bond acceptors (Lipinski definition) is 5. The molecule has 1 atom stereocenters. The summed E-state index contributed by atoms with van der Waals surface area (Å²) in [5, 5.41) is 5.59. The van der Waals surface area contributed by atoms with Crippen molar-refractivity contribution in [2.75, 3.05) is 23.7 Å². The monoisotopic (exact) mass is 376 g/mol. The molecule has 7 heteroatoms. The van der Waals surface area contributed by atoms with Gasteiger partial charge in [0.1, 0.15) is 11.4 Å². The van der Waals surface area contributed by atoms with Gasteiger partial charge in [-0.1, -0.05) is 11.6 Å². The van der Waals surface area contributed by atoms with Crippen LogP contribution < -0.4 is 16.0 Å². The van der Waals surface area contributed by atoms with E-state index in [2.05, 4.69) is 15.2 Å². The molecule has 0 saturated carbocycles. The van der Waals surface area contributed by atoms with Crippen LogP contribution in [-0.2, 0) is 4.74 Å². The van der Waals surface area contributed by atoms with Crippen molar-refractivity contribution in [3.05, 3.63) is 29.4 Å². The van der Waals surface area contributed by atoms with Gasteiger partial charge in [-0.2, -0.15) is 0 Å². The fourth-order valence-electron chi connectivity index (χ4n) is 3.27. The predicted molar refractivity (Wildman–Crippen MR) is 106 cm³/mol. The SMILES string of the molecule is CC(C)(C)OC(=O)N[C@H]1CCCN(c2cc(Cl)cc3cnc(N)cc23)C1. The lowest BCUT2D eigenvalue weighted by molar-refractivity contribution is 0.0500. The van der Waals surface area contributed by atoms with E-state index in [0.29, 0.717) is 17.4 Å². The minimum atomic E-state index is -0.508. The summed E-state index contributed by atoms with van der Waals surface area (Å²) in [5.74, 6) is 0.474. The topological polar surface area (TPSA) is 80.5 Å². The Morgan fingerprint density at radius 3 is 2.88 bits per heavy atom. The van der Waals surface area contributed by atoms with Crippen LogP contribution in [0.1, 0.15) is 33.6 Å². The molecule has 3 N–H and O–H groups in total. The van der Waals surface area contributed by atoms with Crippen molar-refractivity contribution in [2.24, 2.45) is 0 Å². The Hall–Kier alpha value is -2.21. The third kappa shape index (κ3) is 4.49. The van der Waals surface area contributed by atoms with Crippen LogP contribution in [-0.4, -0.2) is 35.8 Å². The van der Waals surface area contributed by atoms with E-state index >= 15 is 0 Å². The second kappa shape index (κ2) is 7.19. The number of carbonyl (C=O) groups is 1. The number of rotatable bonds is 2. The molecular formula is C19H25ClN4O2. The van der Waals surface area contributed by atoms with Crippen molar-refractivity contribution in [1.29, 1.82) is 0 Å². The van der Waals surface area contributed by atoms with E-state index in [-0.39, 0.29) is 12.1 Å². The standard InChI is InChI=1S/C19H25ClN4O2/c1-19(2,3)26-18(25)23-14-5-4-6-24(11-14)16-8-13(20)7-12-10-22-17(21)9-15(12)16/h7-10,14H,4-6,11H2,1-3H3,(H2,21,22)(H,23,25)/t14-/m0/s1. The predicted octanol–water partition coefficient (Wildman–Crippen LogP) is 3.96. The first kappa shape index (κ1) is 18.6. The molecule has 0 bridgehead atoms. The van der Waals surface area contributed by atoms with Gasteiger partial charge in [0.15, 0.2) is 0 Å². The van der Waals surface area contributed by atoms with Gasteiger partial charge < -0.3 is 20.7 Å². The molecule has 0 aliphatic carbocycles. The molecule has 1 saturated heterocycles. The second-order valence-electron chi connectivity index (χ2n) is 7.69. The fraction of sp³-hybridized carbons (Fsp3) is 0.474. The van der Waals surface area contributed by atoms with Gasteiger partial charge in [-0.3, -0.25) is 0 Å². The highest BCUT2D eigenvalue weighted by Crippen LogP contribution is 2.33. The van der Waals surface area contributed by atoms with Crippen LogP contribution in [0.15, 0.2) is 24.4 Å². The third-order valence-corrected chi connectivity index (χ3v) is 4.50. The van der Waals surface area contributed by atoms with Crippen LogP contribution in [0.4, 0.5) is 16.3 Å². The number of halogens is 1. The van der Waals surface area contributed by atoms with E-state index in [1.54, 1.807) is 6.20 Å². The zero-order valence-electron chi connectivity index (χ0n) is 15.4. The molecule has 140 valence electrons. The molecule has 2 aromatic rings. The maximum atomic E-state index is 12.1. The largest absolute Gasteiger partial charge is 0.444 e. The lowest BCUT2D eigenvalue weighted by Crippen LogP contribution is -2.49. The maximum absolute atomic E-state index is 12.1. The molecule has 26 heavy (non-hydrogen) atoms. The molecule has 0 unspecified atom stereocenters. The lowest BCUT2D eigenvalue weighted by Gasteiger charge is -2.35. The highest BCUT2D eigenvalue weighted by atomic mass is 35.5. The molecule has 0 spiro atoms. The minimum absolute atomic E-state index is 0.0202. The number of aromatic nitrogens is 1. The number of benzene rings is 1. The minimum Gasteiger partial charge on any atom is -0.444 e. The lowest BCUT2D eigenvalue weighted by atomic mass is 10.0. The van der Waals surface area contributed by atoms with Crippen LogP contribution in [0.2, 0.25) is 5.02 Å². The number of nitrogens with one attached hydrogen (secondary N) is 1. The summed E-state index contributed by atoms with van der Waals surface area (Å²) in [7, 11) is 0. The number of pyridine rings is 1. The van der Waals surface area contributed by atoms with Crippen molar-refractivity contribution in [3.8, 4) is 0 Å². The van der Waals surface area contributed by atoms with Crippen LogP contribution in [0.25, 0.3) is 10.8 Å². The molecule has 1 aliphatic rings. The van der Waals surface area contributed by atoms with Crippen molar-refractivity contribution in [1.82, 2.24) is 10.3 Å². The normalized spacial score (nSPS) is 18.0. The Labute approximate surface area is 158 Å². The second-order valence-corrected chi connectivity index (χ2v) is 8.12. The average Bonchev–Trinajstić information content (AvgIpc) is 2.53. The van der Waals surface area contributed by atoms with Crippen molar-refractivity contribution < 1.29 is 9.53 Å². The van der Waals surface area contributed by atoms with E-state index in [4.69, 9.17) is 22.1 Å². The maximum Gasteiger partial charge on any atom is 0.407 e. The van der Waals surface area contributed by atoms with Gasteiger partial charge in [-0.15, -0.1) is 0 Å². The molecule has 0 radical (unpaired) electrons. The first-order valence-electron chi connectivity index (χ1n) is 8.80. The summed E-state index contributed by atoms with van der Waals surface area (Å²) >= 11 is 6.30. The Bertz CT molecular complexity index is 819. The number of nitrogen functional groups attached to an aromatic ring is 1. The Balaban J connectivity index is 1.81. The van der Waals surface area contributed by atoms with Gasteiger partial charge in [-0.25, -0.2) is 9.78 Å². The van der Waals surface area contributed by atoms with E-state index in [1.165, 1.54) is 0 Å². The zero-order valence-corrected chi connectivity index (χ0v) is 16.1. The van der Waals surface area contributed by atoms with E-state index < -0.39 is 5.60 Å². The van der Waals surface area contributed by atoms with E-state index in [0.717, 1.165) is 35.8 Å². The summed E-state index contributed by atoms with van der Waals surface area (Å²) < 4.78 is 5.37. The van der Waals surface area contributed by atoms with Gasteiger partial charge in [0.05, 0.1) is 0 Å². The first-order chi connectivity index (χ1) is 12.2. The molecule has 2 heterocycles. The Morgan fingerprint density at radius 1 is 1.38 bits per heavy atom. The van der Waals surface area contributed by atoms with E-state index in [9.17, 15) is 4.79 Å². The Morgan fingerprint density at radius 2 is 2.15 bits per heavy atom. The first-order valence-corrected chi connectivity index (χ1v) is 9.18. The molecule has 1 aromatic carbocycles. The molecule has 3 rings (SSSR count). The number of carbonyl (C=O) groups excluding carboxylic acids is 1. The summed E-state index contributed by atoms with van der Waals surface area (Å²) in [6.07, 6.45) is 3.24. The van der Waals surface area contributed by atoms with Crippen molar-refractivity contribution in [2.45, 2.75) is 45.3 Å². The number of amides is 1. The van der Waals surface area contributed by atoms with Crippen molar-refractivity contribution in [3.63, 3.8) is 0 Å². The quantitative estimate of drug-likeness (QED) is 0.829. The summed E-state index contributed by atoms with van der Waals surface area (Å²) in [5.41, 5.74) is 6.38. The molecule has 1 aliphatic heterocycles. The smallest absolute Gasteiger partial charge is 0.407 e. The number of piperidine rings is 1. The number of nitrogens with two attached hydrogens (primary N) is 1. The fourth-order valence-corrected chi connectivity index (χ4v) is 3.49. The van der Waals surface area contributed by atoms with Crippen molar-refractivity contribution >= 4 is 40.0 Å². The number of hydrogen-bond donors (Lipinski definition) is 2. The number of alkyl carbamates (subject to hydrolysis) is 1. The van der Waals surface area contributed by atoms with Crippen LogP contribution in [0.5, 0.6) is 0 Å². The molecule has 6 nitrogen and oxygen atoms in total. The summed E-state index contributed by atoms with van der Waals surface area (Å²) in [4.78, 5) is 18.5. The van der Waals surface area contributed by atoms with Gasteiger partial charge in [0, 0.05) is 46.8 Å². The summed E-state index contributed by atoms with van der Waals surface area (Å²) in [6.45, 7) is 7.16. The van der Waals surface area contributed by atoms with Gasteiger partial charge in [0.25, 0.3) is 0 Å². The van der Waals surface area contributed by atoms with E-state index in [1.807, 2.05) is 39.0 Å².